The van der Waals surface area contributed by atoms with Gasteiger partial charge in [0.25, 0.3) is 0 Å². The van der Waals surface area contributed by atoms with Crippen LogP contribution in [0.4, 0.5) is 0 Å². The van der Waals surface area contributed by atoms with E-state index in [2.05, 4.69) is 32.6 Å². The molecule has 1 aromatic carbocycles. The number of aliphatic hydroxyl groups is 1. The summed E-state index contributed by atoms with van der Waals surface area (Å²) < 4.78 is 2.28. The van der Waals surface area contributed by atoms with Crippen LogP contribution in [0.5, 0.6) is 0 Å². The van der Waals surface area contributed by atoms with Crippen LogP contribution in [0.3, 0.4) is 0 Å². The molecule has 1 aliphatic carbocycles. The van der Waals surface area contributed by atoms with E-state index in [0.717, 1.165) is 45.7 Å². The van der Waals surface area contributed by atoms with Crippen molar-refractivity contribution >= 4 is 16.7 Å². The Morgan fingerprint density at radius 3 is 2.55 bits per heavy atom. The van der Waals surface area contributed by atoms with Crippen LogP contribution in [0.25, 0.3) is 27.9 Å². The molecule has 0 aliphatic heterocycles. The number of imidazole rings is 1. The summed E-state index contributed by atoms with van der Waals surface area (Å²) in [5.74, 6) is 1.84. The van der Waals surface area contributed by atoms with Gasteiger partial charge in [0.1, 0.15) is 5.82 Å². The van der Waals surface area contributed by atoms with E-state index in [1.54, 1.807) is 0 Å². The Balaban J connectivity index is 1.63. The molecule has 1 saturated carbocycles. The average Bonchev–Trinajstić information content (AvgIpc) is 3.33. The molecule has 0 bridgehead atoms. The molecule has 1 fully saturated rings. The van der Waals surface area contributed by atoms with Crippen molar-refractivity contribution in [3.63, 3.8) is 0 Å². The van der Waals surface area contributed by atoms with Gasteiger partial charge in [-0.15, -0.1) is 0 Å². The van der Waals surface area contributed by atoms with Gasteiger partial charge in [0.15, 0.2) is 5.65 Å². The molecule has 0 unspecified atom stereocenters. The van der Waals surface area contributed by atoms with Crippen molar-refractivity contribution in [3.05, 3.63) is 54.1 Å². The summed E-state index contributed by atoms with van der Waals surface area (Å²) in [6.45, 7) is 3.62. The molecule has 4 aromatic rings. The first-order valence-corrected chi connectivity index (χ1v) is 10.7. The molecule has 2 N–H and O–H groups in total. The second kappa shape index (κ2) is 6.99. The predicted octanol–water partition coefficient (Wildman–Crippen LogP) is 5.23. The van der Waals surface area contributed by atoms with E-state index in [1.165, 1.54) is 32.1 Å². The molecule has 0 atom stereocenters. The highest BCUT2D eigenvalue weighted by Gasteiger charge is 2.22. The van der Waals surface area contributed by atoms with Crippen molar-refractivity contribution in [3.8, 4) is 11.3 Å². The van der Waals surface area contributed by atoms with E-state index in [0.29, 0.717) is 5.92 Å². The lowest BCUT2D eigenvalue weighted by Gasteiger charge is -2.20. The van der Waals surface area contributed by atoms with Gasteiger partial charge in [-0.25, -0.2) is 9.97 Å². The minimum absolute atomic E-state index is 0.710. The van der Waals surface area contributed by atoms with E-state index < -0.39 is 5.60 Å². The van der Waals surface area contributed by atoms with Gasteiger partial charge in [0.05, 0.1) is 28.5 Å². The molecule has 150 valence electrons. The Morgan fingerprint density at radius 1 is 1.07 bits per heavy atom. The molecule has 1 aliphatic rings. The topological polar surface area (TPSA) is 66.2 Å². The van der Waals surface area contributed by atoms with Crippen molar-refractivity contribution in [2.45, 2.75) is 58.0 Å². The Hall–Kier alpha value is -2.66. The first-order valence-electron chi connectivity index (χ1n) is 10.7. The molecule has 3 aromatic heterocycles. The Morgan fingerprint density at radius 2 is 1.83 bits per heavy atom. The van der Waals surface area contributed by atoms with Gasteiger partial charge in [-0.3, -0.25) is 4.40 Å². The maximum absolute atomic E-state index is 10.3. The Bertz CT molecular complexity index is 1140. The standard InChI is InChI=1S/C24H28N4O/c1-24(2,29)18-10-8-17(9-11-18)22-20-15-26-23-19(12-13-25-23)28(20)21(27-22)14-16-6-4-3-5-7-16/h8-13,15-16,25,29H,3-7,14H2,1-2H3. The number of benzene rings is 1. The van der Waals surface area contributed by atoms with E-state index in [1.807, 2.05) is 38.4 Å². The summed E-state index contributed by atoms with van der Waals surface area (Å²) in [7, 11) is 0. The van der Waals surface area contributed by atoms with Gasteiger partial charge in [-0.1, -0.05) is 56.4 Å². The van der Waals surface area contributed by atoms with Gasteiger partial charge >= 0.3 is 0 Å². The van der Waals surface area contributed by atoms with E-state index in [-0.39, 0.29) is 0 Å². The summed E-state index contributed by atoms with van der Waals surface area (Å²) >= 11 is 0. The number of hydrogen-bond acceptors (Lipinski definition) is 3. The molecule has 0 spiro atoms. The van der Waals surface area contributed by atoms with Crippen LogP contribution in [-0.4, -0.2) is 24.5 Å². The van der Waals surface area contributed by atoms with Crippen molar-refractivity contribution in [1.82, 2.24) is 19.4 Å². The fourth-order valence-corrected chi connectivity index (χ4v) is 4.67. The zero-order chi connectivity index (χ0) is 20.0. The monoisotopic (exact) mass is 388 g/mol. The second-order valence-electron chi connectivity index (χ2n) is 8.91. The average molecular weight is 389 g/mol. The number of aromatic amines is 1. The van der Waals surface area contributed by atoms with E-state index in [4.69, 9.17) is 4.98 Å². The van der Waals surface area contributed by atoms with Crippen LogP contribution in [0.15, 0.2) is 42.7 Å². The van der Waals surface area contributed by atoms with Crippen LogP contribution in [0.1, 0.15) is 57.3 Å². The number of aromatic nitrogens is 4. The summed E-state index contributed by atoms with van der Waals surface area (Å²) in [5.41, 5.74) is 5.09. The van der Waals surface area contributed by atoms with Gasteiger partial charge in [-0.2, -0.15) is 0 Å². The summed E-state index contributed by atoms with van der Waals surface area (Å²) in [6.07, 6.45) is 11.5. The zero-order valence-electron chi connectivity index (χ0n) is 17.2. The van der Waals surface area contributed by atoms with E-state index in [9.17, 15) is 5.11 Å². The van der Waals surface area contributed by atoms with Crippen molar-refractivity contribution in [2.24, 2.45) is 5.92 Å². The maximum Gasteiger partial charge on any atom is 0.154 e. The Kier molecular flexibility index (Phi) is 4.43. The molecule has 29 heavy (non-hydrogen) atoms. The number of H-pyrrole nitrogens is 1. The van der Waals surface area contributed by atoms with Gasteiger partial charge in [-0.05, 0) is 31.4 Å². The number of rotatable bonds is 4. The first-order chi connectivity index (χ1) is 14.0. The van der Waals surface area contributed by atoms with Gasteiger partial charge in [0, 0.05) is 18.2 Å². The Labute approximate surface area is 170 Å². The fraction of sp³-hybridized carbons (Fsp3) is 0.417. The van der Waals surface area contributed by atoms with Crippen LogP contribution < -0.4 is 0 Å². The fourth-order valence-electron chi connectivity index (χ4n) is 4.67. The maximum atomic E-state index is 10.3. The number of hydrogen-bond donors (Lipinski definition) is 2. The lowest BCUT2D eigenvalue weighted by atomic mass is 9.87. The number of nitrogens with one attached hydrogen (secondary N) is 1. The quantitative estimate of drug-likeness (QED) is 0.503. The molecule has 0 radical (unpaired) electrons. The van der Waals surface area contributed by atoms with E-state index >= 15 is 0 Å². The summed E-state index contributed by atoms with van der Waals surface area (Å²) in [4.78, 5) is 13.0. The van der Waals surface area contributed by atoms with Crippen molar-refractivity contribution in [2.75, 3.05) is 0 Å². The number of nitrogens with zero attached hydrogens (tertiary/aromatic N) is 3. The lowest BCUT2D eigenvalue weighted by Crippen LogP contribution is -2.14. The lowest BCUT2D eigenvalue weighted by molar-refractivity contribution is 0.0786. The smallest absolute Gasteiger partial charge is 0.154 e. The third-order valence-corrected chi connectivity index (χ3v) is 6.30. The largest absolute Gasteiger partial charge is 0.386 e. The third kappa shape index (κ3) is 3.33. The van der Waals surface area contributed by atoms with Gasteiger partial charge in [0.2, 0.25) is 0 Å². The molecular weight excluding hydrogens is 360 g/mol. The second-order valence-corrected chi connectivity index (χ2v) is 8.91. The van der Waals surface area contributed by atoms with Crippen molar-refractivity contribution in [1.29, 1.82) is 0 Å². The van der Waals surface area contributed by atoms with Crippen LogP contribution in [0.2, 0.25) is 0 Å². The molecule has 0 amide bonds. The molecule has 3 heterocycles. The highest BCUT2D eigenvalue weighted by Crippen LogP contribution is 2.32. The molecule has 5 nitrogen and oxygen atoms in total. The minimum Gasteiger partial charge on any atom is -0.386 e. The van der Waals surface area contributed by atoms with Crippen LogP contribution >= 0.6 is 0 Å². The molecule has 0 saturated heterocycles. The van der Waals surface area contributed by atoms with Crippen LogP contribution in [-0.2, 0) is 12.0 Å². The summed E-state index contributed by atoms with van der Waals surface area (Å²) in [5, 5.41) is 10.3. The SMILES string of the molecule is CC(C)(O)c1ccc(-c2nc(CC3CCCCC3)n3c2cnc2[nH]ccc23)cc1. The van der Waals surface area contributed by atoms with Crippen LogP contribution in [0, 0.1) is 5.92 Å². The normalized spacial score (nSPS) is 16.1. The molecule has 5 heteroatoms. The third-order valence-electron chi connectivity index (χ3n) is 6.30. The molecule has 5 rings (SSSR count). The first kappa shape index (κ1) is 18.4. The number of fused-ring (bicyclic) bond motifs is 3. The van der Waals surface area contributed by atoms with Crippen molar-refractivity contribution < 1.29 is 5.11 Å². The molecular formula is C24H28N4O. The minimum atomic E-state index is -0.847. The summed E-state index contributed by atoms with van der Waals surface area (Å²) in [6, 6.07) is 10.2. The highest BCUT2D eigenvalue weighted by molar-refractivity contribution is 5.84. The highest BCUT2D eigenvalue weighted by atomic mass is 16.3. The predicted molar refractivity (Wildman–Crippen MR) is 116 cm³/mol. The van der Waals surface area contributed by atoms with Gasteiger partial charge < -0.3 is 10.1 Å². The zero-order valence-corrected chi connectivity index (χ0v) is 17.2.